The van der Waals surface area contributed by atoms with Crippen molar-refractivity contribution in [1.29, 1.82) is 0 Å². The zero-order valence-corrected chi connectivity index (χ0v) is 12.5. The lowest BCUT2D eigenvalue weighted by Gasteiger charge is -2.28. The highest BCUT2D eigenvalue weighted by Crippen LogP contribution is 2.29. The zero-order valence-electron chi connectivity index (χ0n) is 11.7. The van der Waals surface area contributed by atoms with E-state index in [1.54, 1.807) is 12.1 Å². The molecule has 0 radical (unpaired) electrons. The summed E-state index contributed by atoms with van der Waals surface area (Å²) in [6.07, 6.45) is 4.13. The first kappa shape index (κ1) is 15.1. The van der Waals surface area contributed by atoms with Crippen molar-refractivity contribution in [3.05, 3.63) is 28.8 Å². The molecule has 1 aliphatic rings. The maximum atomic E-state index is 12.0. The normalized spacial score (nSPS) is 16.9. The molecule has 0 aromatic heterocycles. The number of hydrogen-bond acceptors (Lipinski definition) is 3. The molecule has 0 heterocycles. The lowest BCUT2D eigenvalue weighted by Crippen LogP contribution is -2.52. The molecule has 1 saturated carbocycles. The van der Waals surface area contributed by atoms with Gasteiger partial charge in [0, 0.05) is 17.1 Å². The Hall–Kier alpha value is -1.26. The van der Waals surface area contributed by atoms with Crippen molar-refractivity contribution >= 4 is 17.5 Å². The number of hydrogen-bond donors (Lipinski definition) is 2. The standard InChI is InChI=1S/C15H21ClN2O2/c1-11-12(16)5-4-6-13(11)20-9-14(19)18-15(10-17)7-2-3-8-15/h4-6H,2-3,7-10,17H2,1H3,(H,18,19). The van der Waals surface area contributed by atoms with E-state index >= 15 is 0 Å². The van der Waals surface area contributed by atoms with Crippen molar-refractivity contribution in [3.63, 3.8) is 0 Å². The fourth-order valence-corrected chi connectivity index (χ4v) is 2.82. The molecule has 0 atom stereocenters. The smallest absolute Gasteiger partial charge is 0.258 e. The van der Waals surface area contributed by atoms with Crippen molar-refractivity contribution in [2.24, 2.45) is 5.73 Å². The topological polar surface area (TPSA) is 64.3 Å². The monoisotopic (exact) mass is 296 g/mol. The maximum absolute atomic E-state index is 12.0. The predicted molar refractivity (Wildman–Crippen MR) is 80.1 cm³/mol. The lowest BCUT2D eigenvalue weighted by atomic mass is 9.98. The number of nitrogens with two attached hydrogens (primary N) is 1. The highest BCUT2D eigenvalue weighted by atomic mass is 35.5. The van der Waals surface area contributed by atoms with Crippen molar-refractivity contribution in [2.75, 3.05) is 13.2 Å². The molecule has 110 valence electrons. The molecular weight excluding hydrogens is 276 g/mol. The molecule has 0 aliphatic heterocycles. The second-order valence-electron chi connectivity index (χ2n) is 5.39. The van der Waals surface area contributed by atoms with Gasteiger partial charge in [0.25, 0.3) is 5.91 Å². The van der Waals surface area contributed by atoms with Crippen molar-refractivity contribution in [3.8, 4) is 5.75 Å². The average Bonchev–Trinajstić information content (AvgIpc) is 2.89. The molecule has 0 saturated heterocycles. The Kier molecular flexibility index (Phi) is 4.89. The molecule has 1 amide bonds. The Morgan fingerprint density at radius 2 is 2.15 bits per heavy atom. The number of halogens is 1. The molecule has 0 bridgehead atoms. The number of amides is 1. The van der Waals surface area contributed by atoms with Crippen LogP contribution >= 0.6 is 11.6 Å². The van der Waals surface area contributed by atoms with E-state index in [0.717, 1.165) is 31.2 Å². The van der Waals surface area contributed by atoms with Crippen LogP contribution in [0.5, 0.6) is 5.75 Å². The second kappa shape index (κ2) is 6.46. The Morgan fingerprint density at radius 1 is 1.45 bits per heavy atom. The van der Waals surface area contributed by atoms with Crippen molar-refractivity contribution < 1.29 is 9.53 Å². The number of benzene rings is 1. The number of carbonyl (C=O) groups is 1. The van der Waals surface area contributed by atoms with Gasteiger partial charge in [-0.25, -0.2) is 0 Å². The number of nitrogens with one attached hydrogen (secondary N) is 1. The number of rotatable bonds is 5. The van der Waals surface area contributed by atoms with Crippen LogP contribution in [0.3, 0.4) is 0 Å². The molecule has 5 heteroatoms. The summed E-state index contributed by atoms with van der Waals surface area (Å²) >= 11 is 6.01. The molecule has 0 spiro atoms. The van der Waals surface area contributed by atoms with Crippen LogP contribution in [-0.4, -0.2) is 24.6 Å². The van der Waals surface area contributed by atoms with Gasteiger partial charge in [0.2, 0.25) is 0 Å². The van der Waals surface area contributed by atoms with E-state index in [-0.39, 0.29) is 18.1 Å². The summed E-state index contributed by atoms with van der Waals surface area (Å²) in [4.78, 5) is 12.0. The summed E-state index contributed by atoms with van der Waals surface area (Å²) < 4.78 is 5.54. The van der Waals surface area contributed by atoms with E-state index in [1.807, 2.05) is 13.0 Å². The first-order valence-electron chi connectivity index (χ1n) is 6.95. The van der Waals surface area contributed by atoms with Gasteiger partial charge in [0.15, 0.2) is 6.61 Å². The van der Waals surface area contributed by atoms with Gasteiger partial charge in [-0.1, -0.05) is 30.5 Å². The number of ether oxygens (including phenoxy) is 1. The minimum absolute atomic E-state index is 0.0110. The van der Waals surface area contributed by atoms with Crippen LogP contribution in [0.1, 0.15) is 31.2 Å². The van der Waals surface area contributed by atoms with Crippen LogP contribution in [0.25, 0.3) is 0 Å². The first-order valence-corrected chi connectivity index (χ1v) is 7.33. The summed E-state index contributed by atoms with van der Waals surface area (Å²) in [5.74, 6) is 0.512. The van der Waals surface area contributed by atoms with Gasteiger partial charge in [0.1, 0.15) is 5.75 Å². The van der Waals surface area contributed by atoms with Crippen LogP contribution in [0.4, 0.5) is 0 Å². The molecule has 1 aromatic carbocycles. The molecule has 1 fully saturated rings. The van der Waals surface area contributed by atoms with Gasteiger partial charge in [-0.15, -0.1) is 0 Å². The number of carbonyl (C=O) groups excluding carboxylic acids is 1. The summed E-state index contributed by atoms with van der Waals surface area (Å²) in [5, 5.41) is 3.66. The van der Waals surface area contributed by atoms with E-state index in [2.05, 4.69) is 5.32 Å². The first-order chi connectivity index (χ1) is 9.56. The Labute approximate surface area is 124 Å². The third-order valence-corrected chi connectivity index (χ3v) is 4.34. The molecule has 2 rings (SSSR count). The van der Waals surface area contributed by atoms with Crippen LogP contribution < -0.4 is 15.8 Å². The van der Waals surface area contributed by atoms with Crippen LogP contribution in [0.2, 0.25) is 5.02 Å². The molecule has 4 nitrogen and oxygen atoms in total. The summed E-state index contributed by atoms with van der Waals surface area (Å²) in [5.41, 5.74) is 6.41. The van der Waals surface area contributed by atoms with Gasteiger partial charge >= 0.3 is 0 Å². The van der Waals surface area contributed by atoms with Crippen LogP contribution in [0, 0.1) is 6.92 Å². The van der Waals surface area contributed by atoms with E-state index in [4.69, 9.17) is 22.1 Å². The van der Waals surface area contributed by atoms with Crippen molar-refractivity contribution in [1.82, 2.24) is 5.32 Å². The van der Waals surface area contributed by atoms with E-state index < -0.39 is 0 Å². The SMILES string of the molecule is Cc1c(Cl)cccc1OCC(=O)NC1(CN)CCCC1. The molecule has 20 heavy (non-hydrogen) atoms. The minimum atomic E-state index is -0.232. The summed E-state index contributed by atoms with van der Waals surface area (Å²) in [6, 6.07) is 5.41. The molecular formula is C15H21ClN2O2. The largest absolute Gasteiger partial charge is 0.483 e. The van der Waals surface area contributed by atoms with Crippen LogP contribution in [-0.2, 0) is 4.79 Å². The van der Waals surface area contributed by atoms with Crippen molar-refractivity contribution in [2.45, 2.75) is 38.1 Å². The fourth-order valence-electron chi connectivity index (χ4n) is 2.65. The maximum Gasteiger partial charge on any atom is 0.258 e. The third-order valence-electron chi connectivity index (χ3n) is 3.93. The van der Waals surface area contributed by atoms with Crippen LogP contribution in [0.15, 0.2) is 18.2 Å². The highest BCUT2D eigenvalue weighted by Gasteiger charge is 2.33. The predicted octanol–water partition coefficient (Wildman–Crippen LogP) is 2.41. The fraction of sp³-hybridized carbons (Fsp3) is 0.533. The Balaban J connectivity index is 1.90. The molecule has 0 unspecified atom stereocenters. The van der Waals surface area contributed by atoms with Gasteiger partial charge < -0.3 is 15.8 Å². The zero-order chi connectivity index (χ0) is 14.6. The van der Waals surface area contributed by atoms with E-state index in [0.29, 0.717) is 17.3 Å². The highest BCUT2D eigenvalue weighted by molar-refractivity contribution is 6.31. The summed E-state index contributed by atoms with van der Waals surface area (Å²) in [7, 11) is 0. The lowest BCUT2D eigenvalue weighted by molar-refractivity contribution is -0.124. The van der Waals surface area contributed by atoms with E-state index in [1.165, 1.54) is 0 Å². The molecule has 1 aromatic rings. The van der Waals surface area contributed by atoms with Gasteiger partial charge in [0.05, 0.1) is 5.54 Å². The second-order valence-corrected chi connectivity index (χ2v) is 5.80. The van der Waals surface area contributed by atoms with E-state index in [9.17, 15) is 4.79 Å². The Morgan fingerprint density at radius 3 is 2.80 bits per heavy atom. The Bertz CT molecular complexity index is 485. The van der Waals surface area contributed by atoms with Gasteiger partial charge in [-0.2, -0.15) is 0 Å². The van der Waals surface area contributed by atoms with Gasteiger partial charge in [-0.05, 0) is 31.9 Å². The average molecular weight is 297 g/mol. The molecule has 3 N–H and O–H groups in total. The quantitative estimate of drug-likeness (QED) is 0.877. The minimum Gasteiger partial charge on any atom is -0.483 e. The molecule has 1 aliphatic carbocycles. The summed E-state index contributed by atoms with van der Waals surface area (Å²) in [6.45, 7) is 2.34. The van der Waals surface area contributed by atoms with Gasteiger partial charge in [-0.3, -0.25) is 4.79 Å². The third kappa shape index (κ3) is 3.44.